The van der Waals surface area contributed by atoms with Gasteiger partial charge in [-0.2, -0.15) is 0 Å². The molecule has 0 atom stereocenters. The third kappa shape index (κ3) is 18.1. The van der Waals surface area contributed by atoms with E-state index < -0.39 is 0 Å². The average molecular weight is 740 g/mol. The zero-order valence-electron chi connectivity index (χ0n) is 26.0. The normalized spacial score (nSPS) is 10.0. The van der Waals surface area contributed by atoms with Crippen molar-refractivity contribution in [2.45, 2.75) is 64.5 Å². The Morgan fingerprint density at radius 3 is 0.886 bits per heavy atom. The molecule has 0 aliphatic carbocycles. The highest BCUT2D eigenvalue weighted by Crippen LogP contribution is 2.33. The van der Waals surface area contributed by atoms with Gasteiger partial charge >= 0.3 is 0 Å². The molecule has 3 aromatic rings. The number of halogens is 6. The topological polar surface area (TPSA) is 100 Å². The highest BCUT2D eigenvalue weighted by atomic mass is 35.5. The summed E-state index contributed by atoms with van der Waals surface area (Å²) in [6.07, 6.45) is 9.34. The predicted molar refractivity (Wildman–Crippen MR) is 209 cm³/mol. The first kappa shape index (κ1) is 50.5. The van der Waals surface area contributed by atoms with E-state index in [-0.39, 0.29) is 74.4 Å². The van der Waals surface area contributed by atoms with Crippen LogP contribution in [0.2, 0.25) is 0 Å². The molecule has 0 radical (unpaired) electrons. The summed E-state index contributed by atoms with van der Waals surface area (Å²) >= 11 is 0. The van der Waals surface area contributed by atoms with Gasteiger partial charge in [0.05, 0.1) is 0 Å². The fraction of sp³-hybridized carbons (Fsp3) is 0.562. The summed E-state index contributed by atoms with van der Waals surface area (Å²) in [6, 6.07) is 17.9. The van der Waals surface area contributed by atoms with Crippen LogP contribution < -0.4 is 32.7 Å². The Balaban J connectivity index is -0.00000133. The molecule has 0 aromatic heterocycles. The third-order valence-corrected chi connectivity index (χ3v) is 7.29. The number of nitrogens with two attached hydrogens (primary N) is 2. The number of nitrogens with one attached hydrogen (secondary N) is 4. The van der Waals surface area contributed by atoms with Gasteiger partial charge in [0.1, 0.15) is 0 Å². The predicted octanol–water partition coefficient (Wildman–Crippen LogP) is 6.92. The SMILES string of the molecule is Cl.Cl.Cl.Cl.Cl.Cl.NCCCCNCCCCNCc1c2ccccc2c(CNCCCCNCCCCN)c2ccccc12. The molecule has 0 amide bonds. The molecule has 0 aliphatic rings. The van der Waals surface area contributed by atoms with Crippen molar-refractivity contribution in [1.29, 1.82) is 0 Å². The molecule has 0 heterocycles. The molecule has 44 heavy (non-hydrogen) atoms. The van der Waals surface area contributed by atoms with Gasteiger partial charge in [0, 0.05) is 13.1 Å². The zero-order chi connectivity index (χ0) is 26.7. The molecule has 3 aromatic carbocycles. The molecule has 0 saturated heterocycles. The Labute approximate surface area is 303 Å². The number of rotatable bonds is 22. The molecule has 0 fully saturated rings. The van der Waals surface area contributed by atoms with Crippen LogP contribution in [0.4, 0.5) is 0 Å². The van der Waals surface area contributed by atoms with Crippen molar-refractivity contribution in [3.05, 3.63) is 59.7 Å². The number of hydrogen-bond acceptors (Lipinski definition) is 6. The number of benzene rings is 3. The van der Waals surface area contributed by atoms with Crippen molar-refractivity contribution in [1.82, 2.24) is 21.3 Å². The maximum Gasteiger partial charge on any atom is 0.0217 e. The molecule has 12 heteroatoms. The van der Waals surface area contributed by atoms with Crippen LogP contribution in [-0.2, 0) is 13.1 Å². The first-order valence-electron chi connectivity index (χ1n) is 15.0. The van der Waals surface area contributed by atoms with Crippen LogP contribution in [0.1, 0.15) is 62.5 Å². The standard InChI is InChI=1S/C32H52N6.6ClH/c33-17-5-7-19-35-21-9-11-23-37-25-31-27-13-1-2-14-28(27)32(30-16-4-3-15-29(30)31)26-38-24-12-10-22-36-20-8-6-18-34;;;;;;/h1-4,13-16,35-38H,5-12,17-26,33-34H2;6*1H. The minimum atomic E-state index is 0. The van der Waals surface area contributed by atoms with Crippen LogP contribution in [-0.4, -0.2) is 52.4 Å². The minimum Gasteiger partial charge on any atom is -0.330 e. The van der Waals surface area contributed by atoms with Crippen molar-refractivity contribution in [2.75, 3.05) is 52.4 Å². The molecule has 0 bridgehead atoms. The number of unbranched alkanes of at least 4 members (excludes halogenated alkanes) is 4. The Morgan fingerprint density at radius 1 is 0.364 bits per heavy atom. The van der Waals surface area contributed by atoms with Gasteiger partial charge in [-0.25, -0.2) is 0 Å². The van der Waals surface area contributed by atoms with E-state index in [4.69, 9.17) is 11.5 Å². The van der Waals surface area contributed by atoms with Crippen LogP contribution in [0.3, 0.4) is 0 Å². The smallest absolute Gasteiger partial charge is 0.0217 e. The molecule has 3 rings (SSSR count). The summed E-state index contributed by atoms with van der Waals surface area (Å²) < 4.78 is 0. The second-order valence-corrected chi connectivity index (χ2v) is 10.3. The fourth-order valence-corrected chi connectivity index (χ4v) is 5.16. The Morgan fingerprint density at radius 2 is 0.614 bits per heavy atom. The van der Waals surface area contributed by atoms with Crippen molar-refractivity contribution in [3.8, 4) is 0 Å². The Hall–Kier alpha value is -0.320. The molecule has 0 saturated carbocycles. The van der Waals surface area contributed by atoms with Gasteiger partial charge in [-0.1, -0.05) is 48.5 Å². The molecular weight excluding hydrogens is 681 g/mol. The summed E-state index contributed by atoms with van der Waals surface area (Å²) in [5.74, 6) is 0. The highest BCUT2D eigenvalue weighted by molar-refractivity contribution is 6.05. The lowest BCUT2D eigenvalue weighted by Gasteiger charge is -2.18. The average Bonchev–Trinajstić information content (AvgIpc) is 2.95. The van der Waals surface area contributed by atoms with Crippen molar-refractivity contribution in [3.63, 3.8) is 0 Å². The van der Waals surface area contributed by atoms with Gasteiger partial charge in [-0.05, 0) is 136 Å². The van der Waals surface area contributed by atoms with Crippen LogP contribution in [0.5, 0.6) is 0 Å². The van der Waals surface area contributed by atoms with Crippen LogP contribution >= 0.6 is 74.4 Å². The number of hydrogen-bond donors (Lipinski definition) is 6. The monoisotopic (exact) mass is 736 g/mol. The van der Waals surface area contributed by atoms with E-state index >= 15 is 0 Å². The van der Waals surface area contributed by atoms with Gasteiger partial charge in [0.15, 0.2) is 0 Å². The maximum atomic E-state index is 5.56. The second kappa shape index (κ2) is 32.6. The summed E-state index contributed by atoms with van der Waals surface area (Å²) in [6.45, 7) is 9.80. The van der Waals surface area contributed by atoms with Gasteiger partial charge < -0.3 is 32.7 Å². The van der Waals surface area contributed by atoms with E-state index in [0.717, 1.165) is 78.3 Å². The van der Waals surface area contributed by atoms with Gasteiger partial charge in [-0.15, -0.1) is 74.4 Å². The van der Waals surface area contributed by atoms with E-state index in [2.05, 4.69) is 69.8 Å². The molecule has 8 N–H and O–H groups in total. The van der Waals surface area contributed by atoms with E-state index in [1.807, 2.05) is 0 Å². The van der Waals surface area contributed by atoms with E-state index in [0.29, 0.717) is 0 Å². The van der Waals surface area contributed by atoms with Crippen molar-refractivity contribution in [2.24, 2.45) is 11.5 Å². The molecule has 6 nitrogen and oxygen atoms in total. The molecule has 0 aliphatic heterocycles. The molecule has 0 unspecified atom stereocenters. The summed E-state index contributed by atoms with van der Waals surface area (Å²) in [7, 11) is 0. The second-order valence-electron chi connectivity index (χ2n) is 10.3. The van der Waals surface area contributed by atoms with Gasteiger partial charge in [0.2, 0.25) is 0 Å². The van der Waals surface area contributed by atoms with E-state index in [1.165, 1.54) is 71.2 Å². The lowest BCUT2D eigenvalue weighted by Crippen LogP contribution is -2.21. The number of fused-ring (bicyclic) bond motifs is 2. The molecule has 0 spiro atoms. The quantitative estimate of drug-likeness (QED) is 0.0495. The van der Waals surface area contributed by atoms with Crippen molar-refractivity contribution < 1.29 is 0 Å². The van der Waals surface area contributed by atoms with Gasteiger partial charge in [0.25, 0.3) is 0 Å². The summed E-state index contributed by atoms with van der Waals surface area (Å²) in [5.41, 5.74) is 14.0. The van der Waals surface area contributed by atoms with E-state index in [9.17, 15) is 0 Å². The molecular formula is C32H58Cl6N6. The lowest BCUT2D eigenvalue weighted by molar-refractivity contribution is 0.568. The minimum absolute atomic E-state index is 0. The lowest BCUT2D eigenvalue weighted by atomic mass is 9.91. The maximum absolute atomic E-state index is 5.56. The van der Waals surface area contributed by atoms with Crippen LogP contribution in [0.25, 0.3) is 21.5 Å². The zero-order valence-corrected chi connectivity index (χ0v) is 30.8. The Kier molecular flexibility index (Phi) is 37.5. The summed E-state index contributed by atoms with van der Waals surface area (Å²) in [5, 5.41) is 20.0. The van der Waals surface area contributed by atoms with Crippen LogP contribution in [0.15, 0.2) is 48.5 Å². The first-order valence-corrected chi connectivity index (χ1v) is 15.0. The highest BCUT2D eigenvalue weighted by Gasteiger charge is 2.13. The third-order valence-electron chi connectivity index (χ3n) is 7.29. The fourth-order valence-electron chi connectivity index (χ4n) is 5.16. The summed E-state index contributed by atoms with van der Waals surface area (Å²) in [4.78, 5) is 0. The molecule has 258 valence electrons. The van der Waals surface area contributed by atoms with Crippen molar-refractivity contribution >= 4 is 96.0 Å². The first-order chi connectivity index (χ1) is 18.9. The van der Waals surface area contributed by atoms with Crippen LogP contribution in [0, 0.1) is 0 Å². The van der Waals surface area contributed by atoms with E-state index in [1.54, 1.807) is 0 Å². The van der Waals surface area contributed by atoms with Gasteiger partial charge in [-0.3, -0.25) is 0 Å². The largest absolute Gasteiger partial charge is 0.330 e. The Bertz CT molecular complexity index is 923.